The van der Waals surface area contributed by atoms with Crippen molar-refractivity contribution in [1.82, 2.24) is 9.88 Å². The van der Waals surface area contributed by atoms with Crippen LogP contribution < -0.4 is 10.6 Å². The second-order valence-electron chi connectivity index (χ2n) is 7.46. The second-order valence-corrected chi connectivity index (χ2v) is 7.46. The average Bonchev–Trinajstić information content (AvgIpc) is 3.06. The Kier molecular flexibility index (Phi) is 5.28. The summed E-state index contributed by atoms with van der Waals surface area (Å²) in [5.74, 6) is 0.308. The first-order valence-corrected chi connectivity index (χ1v) is 9.15. The number of carbonyl (C=O) groups is 1. The van der Waals surface area contributed by atoms with Crippen LogP contribution >= 0.6 is 0 Å². The third kappa shape index (κ3) is 3.73. The minimum Gasteiger partial charge on any atom is -0.365 e. The maximum atomic E-state index is 12.0. The molecule has 1 fully saturated rings. The SMILES string of the molecule is Cc1cc(C(N)=O)c(N2CCCC2c2ccc(CN(C)C)cc2)nc1C. The van der Waals surface area contributed by atoms with E-state index in [0.29, 0.717) is 5.56 Å². The minimum atomic E-state index is -0.414. The van der Waals surface area contributed by atoms with Gasteiger partial charge in [-0.1, -0.05) is 24.3 Å². The van der Waals surface area contributed by atoms with Gasteiger partial charge in [0.15, 0.2) is 0 Å². The van der Waals surface area contributed by atoms with Crippen LogP contribution in [-0.2, 0) is 6.54 Å². The Labute approximate surface area is 155 Å². The number of aromatic nitrogens is 1. The highest BCUT2D eigenvalue weighted by Crippen LogP contribution is 2.37. The van der Waals surface area contributed by atoms with Crippen molar-refractivity contribution in [3.8, 4) is 0 Å². The van der Waals surface area contributed by atoms with Crippen LogP contribution in [0.4, 0.5) is 5.82 Å². The molecule has 0 aliphatic carbocycles. The molecule has 1 saturated heterocycles. The van der Waals surface area contributed by atoms with Crippen molar-refractivity contribution in [2.45, 2.75) is 39.3 Å². The molecule has 1 unspecified atom stereocenters. The van der Waals surface area contributed by atoms with Gasteiger partial charge in [0.25, 0.3) is 5.91 Å². The Hall–Kier alpha value is -2.40. The van der Waals surface area contributed by atoms with Crippen LogP contribution in [0, 0.1) is 13.8 Å². The van der Waals surface area contributed by atoms with E-state index in [4.69, 9.17) is 10.7 Å². The Morgan fingerprint density at radius 1 is 1.27 bits per heavy atom. The molecule has 0 bridgehead atoms. The van der Waals surface area contributed by atoms with Crippen molar-refractivity contribution in [1.29, 1.82) is 0 Å². The highest BCUT2D eigenvalue weighted by atomic mass is 16.1. The molecular weight excluding hydrogens is 324 g/mol. The monoisotopic (exact) mass is 352 g/mol. The number of nitrogens with two attached hydrogens (primary N) is 1. The topological polar surface area (TPSA) is 62.5 Å². The first-order valence-electron chi connectivity index (χ1n) is 9.15. The summed E-state index contributed by atoms with van der Waals surface area (Å²) in [6.07, 6.45) is 2.14. The van der Waals surface area contributed by atoms with Crippen molar-refractivity contribution in [2.24, 2.45) is 5.73 Å². The number of amides is 1. The van der Waals surface area contributed by atoms with Gasteiger partial charge in [0.2, 0.25) is 0 Å². The zero-order valence-corrected chi connectivity index (χ0v) is 16.1. The number of aryl methyl sites for hydroxylation is 2. The fraction of sp³-hybridized carbons (Fsp3) is 0.429. The molecular formula is C21H28N4O. The molecule has 1 aromatic heterocycles. The van der Waals surface area contributed by atoms with Gasteiger partial charge in [0, 0.05) is 18.8 Å². The number of nitrogens with zero attached hydrogens (tertiary/aromatic N) is 3. The van der Waals surface area contributed by atoms with Gasteiger partial charge < -0.3 is 15.5 Å². The molecule has 3 rings (SSSR count). The van der Waals surface area contributed by atoms with Crippen LogP contribution in [-0.4, -0.2) is 36.4 Å². The molecule has 0 saturated carbocycles. The summed E-state index contributed by atoms with van der Waals surface area (Å²) in [5, 5.41) is 0. The molecule has 1 amide bonds. The average molecular weight is 352 g/mol. The van der Waals surface area contributed by atoms with E-state index in [1.165, 1.54) is 11.1 Å². The maximum Gasteiger partial charge on any atom is 0.252 e. The third-order valence-corrected chi connectivity index (χ3v) is 5.10. The summed E-state index contributed by atoms with van der Waals surface area (Å²) in [5.41, 5.74) is 10.7. The lowest BCUT2D eigenvalue weighted by atomic mass is 10.0. The van der Waals surface area contributed by atoms with Crippen molar-refractivity contribution >= 4 is 11.7 Å². The summed E-state index contributed by atoms with van der Waals surface area (Å²) < 4.78 is 0. The normalized spacial score (nSPS) is 17.1. The van der Waals surface area contributed by atoms with Crippen LogP contribution in [0.25, 0.3) is 0 Å². The zero-order valence-electron chi connectivity index (χ0n) is 16.1. The quantitative estimate of drug-likeness (QED) is 0.898. The lowest BCUT2D eigenvalue weighted by Gasteiger charge is -2.28. The molecule has 0 radical (unpaired) electrons. The summed E-state index contributed by atoms with van der Waals surface area (Å²) in [4.78, 5) is 21.1. The number of rotatable bonds is 5. The van der Waals surface area contributed by atoms with Gasteiger partial charge in [0.1, 0.15) is 5.82 Å². The molecule has 138 valence electrons. The van der Waals surface area contributed by atoms with E-state index in [2.05, 4.69) is 48.2 Å². The lowest BCUT2D eigenvalue weighted by molar-refractivity contribution is 0.100. The van der Waals surface area contributed by atoms with E-state index in [1.54, 1.807) is 0 Å². The Balaban J connectivity index is 1.94. The van der Waals surface area contributed by atoms with Crippen LogP contribution in [0.15, 0.2) is 30.3 Å². The molecule has 2 aromatic rings. The molecule has 26 heavy (non-hydrogen) atoms. The predicted molar refractivity (Wildman–Crippen MR) is 105 cm³/mol. The van der Waals surface area contributed by atoms with E-state index < -0.39 is 5.91 Å². The van der Waals surface area contributed by atoms with Gasteiger partial charge >= 0.3 is 0 Å². The Morgan fingerprint density at radius 2 is 1.96 bits per heavy atom. The van der Waals surface area contributed by atoms with Gasteiger partial charge in [-0.05, 0) is 63.5 Å². The maximum absolute atomic E-state index is 12.0. The van der Waals surface area contributed by atoms with Crippen molar-refractivity contribution in [2.75, 3.05) is 25.5 Å². The first-order chi connectivity index (χ1) is 12.4. The van der Waals surface area contributed by atoms with Crippen molar-refractivity contribution in [3.63, 3.8) is 0 Å². The fourth-order valence-corrected chi connectivity index (χ4v) is 3.67. The van der Waals surface area contributed by atoms with Gasteiger partial charge in [-0.15, -0.1) is 0 Å². The molecule has 5 nitrogen and oxygen atoms in total. The summed E-state index contributed by atoms with van der Waals surface area (Å²) in [6.45, 7) is 5.76. The number of anilines is 1. The number of primary amides is 1. The molecule has 1 aromatic carbocycles. The van der Waals surface area contributed by atoms with E-state index in [0.717, 1.165) is 43.0 Å². The van der Waals surface area contributed by atoms with Crippen molar-refractivity contribution < 1.29 is 4.79 Å². The van der Waals surface area contributed by atoms with Crippen LogP contribution in [0.5, 0.6) is 0 Å². The largest absolute Gasteiger partial charge is 0.365 e. The van der Waals surface area contributed by atoms with Gasteiger partial charge in [-0.2, -0.15) is 0 Å². The van der Waals surface area contributed by atoms with Crippen LogP contribution in [0.2, 0.25) is 0 Å². The molecule has 1 atom stereocenters. The van der Waals surface area contributed by atoms with E-state index in [1.807, 2.05) is 19.9 Å². The van der Waals surface area contributed by atoms with Gasteiger partial charge in [0.05, 0.1) is 11.6 Å². The lowest BCUT2D eigenvalue weighted by Crippen LogP contribution is -2.28. The molecule has 0 spiro atoms. The number of hydrogen-bond acceptors (Lipinski definition) is 4. The van der Waals surface area contributed by atoms with E-state index in [-0.39, 0.29) is 6.04 Å². The third-order valence-electron chi connectivity index (χ3n) is 5.10. The molecule has 5 heteroatoms. The fourth-order valence-electron chi connectivity index (χ4n) is 3.67. The molecule has 2 heterocycles. The molecule has 1 aliphatic rings. The Bertz CT molecular complexity index is 798. The molecule has 2 N–H and O–H groups in total. The van der Waals surface area contributed by atoms with Gasteiger partial charge in [-0.25, -0.2) is 4.98 Å². The zero-order chi connectivity index (χ0) is 18.8. The highest BCUT2D eigenvalue weighted by Gasteiger charge is 2.30. The number of hydrogen-bond donors (Lipinski definition) is 1. The summed E-state index contributed by atoms with van der Waals surface area (Å²) in [6, 6.07) is 10.9. The first kappa shape index (κ1) is 18.4. The van der Waals surface area contributed by atoms with E-state index in [9.17, 15) is 4.79 Å². The van der Waals surface area contributed by atoms with Crippen molar-refractivity contribution in [3.05, 3.63) is 58.3 Å². The number of pyridine rings is 1. The summed E-state index contributed by atoms with van der Waals surface area (Å²) in [7, 11) is 4.15. The molecule has 1 aliphatic heterocycles. The highest BCUT2D eigenvalue weighted by molar-refractivity contribution is 5.98. The van der Waals surface area contributed by atoms with E-state index >= 15 is 0 Å². The summed E-state index contributed by atoms with van der Waals surface area (Å²) >= 11 is 0. The Morgan fingerprint density at radius 3 is 2.58 bits per heavy atom. The standard InChI is InChI=1S/C21H28N4O/c1-14-12-18(20(22)26)21(23-15(14)2)25-11-5-6-19(25)17-9-7-16(8-10-17)13-24(3)4/h7-10,12,19H,5-6,11,13H2,1-4H3,(H2,22,26). The second kappa shape index (κ2) is 7.46. The predicted octanol–water partition coefficient (Wildman–Crippen LogP) is 3.20. The number of carbonyl (C=O) groups excluding carboxylic acids is 1. The smallest absolute Gasteiger partial charge is 0.252 e. The minimum absolute atomic E-state index is 0.233. The van der Waals surface area contributed by atoms with Gasteiger partial charge in [-0.3, -0.25) is 4.79 Å². The number of benzene rings is 1. The van der Waals surface area contributed by atoms with Crippen LogP contribution in [0.3, 0.4) is 0 Å². The van der Waals surface area contributed by atoms with Crippen LogP contribution in [0.1, 0.15) is 51.6 Å².